The number of halogens is 2. The standard InChI is InChI=1S/C23H30F2N8O2/c1-13-17(11-32(29-13)12-23(2,3)34)31(4)10-14(24)6-7-19-27-21-16-8-15(25)9-18(35-5)20(16)28-22(26)33(21)30-19/h8-9,11,14,34H,6-7,10,12H2,1-5H3,(H2,26,28). The lowest BCUT2D eigenvalue weighted by Gasteiger charge is -2.20. The summed E-state index contributed by atoms with van der Waals surface area (Å²) in [4.78, 5) is 10.5. The summed E-state index contributed by atoms with van der Waals surface area (Å²) in [6, 6.07) is 2.52. The Morgan fingerprint density at radius 3 is 2.69 bits per heavy atom. The molecule has 0 aliphatic carbocycles. The van der Waals surface area contributed by atoms with Crippen molar-refractivity contribution in [1.29, 1.82) is 0 Å². The molecule has 0 fully saturated rings. The second-order valence-corrected chi connectivity index (χ2v) is 9.36. The van der Waals surface area contributed by atoms with Crippen LogP contribution in [0.2, 0.25) is 0 Å². The first-order valence-electron chi connectivity index (χ1n) is 11.2. The Hall–Kier alpha value is -3.54. The highest BCUT2D eigenvalue weighted by Gasteiger charge is 2.20. The fourth-order valence-electron chi connectivity index (χ4n) is 4.10. The summed E-state index contributed by atoms with van der Waals surface area (Å²) in [6.07, 6.45) is 1.09. The van der Waals surface area contributed by atoms with Crippen molar-refractivity contribution in [3.63, 3.8) is 0 Å². The second kappa shape index (κ2) is 9.25. The molecule has 0 bridgehead atoms. The minimum atomic E-state index is -1.16. The number of aliphatic hydroxyl groups is 1. The van der Waals surface area contributed by atoms with E-state index in [1.165, 1.54) is 23.8 Å². The molecule has 4 rings (SSSR count). The van der Waals surface area contributed by atoms with E-state index in [1.54, 1.807) is 36.7 Å². The maximum atomic E-state index is 14.9. The zero-order valence-corrected chi connectivity index (χ0v) is 20.5. The molecule has 0 amide bonds. The first-order valence-corrected chi connectivity index (χ1v) is 11.2. The Morgan fingerprint density at radius 1 is 1.26 bits per heavy atom. The van der Waals surface area contributed by atoms with Gasteiger partial charge >= 0.3 is 0 Å². The molecule has 1 atom stereocenters. The lowest BCUT2D eigenvalue weighted by atomic mass is 10.1. The van der Waals surface area contributed by atoms with Crippen LogP contribution >= 0.6 is 0 Å². The fourth-order valence-corrected chi connectivity index (χ4v) is 4.10. The van der Waals surface area contributed by atoms with Gasteiger partial charge in [-0.15, -0.1) is 5.10 Å². The number of hydrogen-bond donors (Lipinski definition) is 2. The van der Waals surface area contributed by atoms with Gasteiger partial charge < -0.3 is 20.5 Å². The lowest BCUT2D eigenvalue weighted by molar-refractivity contribution is 0.0577. The molecule has 188 valence electrons. The van der Waals surface area contributed by atoms with Crippen LogP contribution in [0, 0.1) is 12.7 Å². The van der Waals surface area contributed by atoms with E-state index < -0.39 is 17.6 Å². The molecule has 0 saturated carbocycles. The first kappa shape index (κ1) is 24.6. The molecule has 1 aromatic carbocycles. The minimum Gasteiger partial charge on any atom is -0.494 e. The third kappa shape index (κ3) is 5.26. The number of fused-ring (bicyclic) bond motifs is 3. The normalized spacial score (nSPS) is 13.0. The van der Waals surface area contributed by atoms with Crippen LogP contribution in [0.4, 0.5) is 20.4 Å². The smallest absolute Gasteiger partial charge is 0.223 e. The minimum absolute atomic E-state index is 0.0752. The molecule has 0 aliphatic rings. The van der Waals surface area contributed by atoms with Crippen molar-refractivity contribution in [2.45, 2.75) is 51.9 Å². The van der Waals surface area contributed by atoms with Gasteiger partial charge in [-0.3, -0.25) is 4.68 Å². The number of benzene rings is 1. The Kier molecular flexibility index (Phi) is 6.50. The van der Waals surface area contributed by atoms with E-state index in [9.17, 15) is 13.9 Å². The summed E-state index contributed by atoms with van der Waals surface area (Å²) in [7, 11) is 3.22. The van der Waals surface area contributed by atoms with Crippen LogP contribution in [0.15, 0.2) is 18.3 Å². The van der Waals surface area contributed by atoms with E-state index >= 15 is 0 Å². The van der Waals surface area contributed by atoms with Gasteiger partial charge in [0.05, 0.1) is 36.0 Å². The second-order valence-electron chi connectivity index (χ2n) is 9.36. The van der Waals surface area contributed by atoms with E-state index in [2.05, 4.69) is 20.2 Å². The molecule has 10 nitrogen and oxygen atoms in total. The van der Waals surface area contributed by atoms with E-state index in [4.69, 9.17) is 10.5 Å². The SMILES string of the molecule is COc1cc(F)cc2c1nc(N)n1nc(CCC(F)CN(C)c3cn(CC(C)(C)O)nc3C)nc21. The van der Waals surface area contributed by atoms with Gasteiger partial charge in [-0.2, -0.15) is 9.61 Å². The predicted octanol–water partition coefficient (Wildman–Crippen LogP) is 2.69. The molecule has 4 aromatic rings. The average Bonchev–Trinajstić information content (AvgIpc) is 3.35. The average molecular weight is 489 g/mol. The number of aromatic nitrogens is 6. The van der Waals surface area contributed by atoms with Crippen LogP contribution in [0.3, 0.4) is 0 Å². The highest BCUT2D eigenvalue weighted by Crippen LogP contribution is 2.29. The third-order valence-electron chi connectivity index (χ3n) is 5.63. The van der Waals surface area contributed by atoms with Gasteiger partial charge in [-0.1, -0.05) is 0 Å². The first-order chi connectivity index (χ1) is 16.4. The van der Waals surface area contributed by atoms with Crippen LogP contribution in [-0.4, -0.2) is 66.9 Å². The van der Waals surface area contributed by atoms with Crippen LogP contribution < -0.4 is 15.4 Å². The monoisotopic (exact) mass is 488 g/mol. The Labute approximate surface area is 201 Å². The van der Waals surface area contributed by atoms with Gasteiger partial charge in [0.15, 0.2) is 11.5 Å². The lowest BCUT2D eigenvalue weighted by Crippen LogP contribution is -2.27. The molecule has 3 aromatic heterocycles. The number of alkyl halides is 1. The van der Waals surface area contributed by atoms with Crippen molar-refractivity contribution >= 4 is 28.2 Å². The summed E-state index contributed by atoms with van der Waals surface area (Å²) < 4.78 is 37.2. The van der Waals surface area contributed by atoms with E-state index in [0.29, 0.717) is 28.9 Å². The topological polar surface area (TPSA) is 120 Å². The zero-order valence-electron chi connectivity index (χ0n) is 20.5. The number of methoxy groups -OCH3 is 1. The van der Waals surface area contributed by atoms with Crippen molar-refractivity contribution in [2.24, 2.45) is 0 Å². The van der Waals surface area contributed by atoms with Crippen LogP contribution in [0.1, 0.15) is 31.8 Å². The third-order valence-corrected chi connectivity index (χ3v) is 5.63. The van der Waals surface area contributed by atoms with Gasteiger partial charge in [0.1, 0.15) is 23.3 Å². The van der Waals surface area contributed by atoms with Gasteiger partial charge in [0, 0.05) is 32.3 Å². The number of nitrogens with two attached hydrogens (primary N) is 1. The van der Waals surface area contributed by atoms with E-state index in [1.807, 2.05) is 6.92 Å². The van der Waals surface area contributed by atoms with Gasteiger partial charge in [0.25, 0.3) is 0 Å². The summed E-state index contributed by atoms with van der Waals surface area (Å²) in [6.45, 7) is 5.75. The summed E-state index contributed by atoms with van der Waals surface area (Å²) in [5.41, 5.74) is 7.39. The number of nitrogen functional groups attached to an aromatic ring is 1. The predicted molar refractivity (Wildman–Crippen MR) is 129 cm³/mol. The van der Waals surface area contributed by atoms with Crippen molar-refractivity contribution in [1.82, 2.24) is 29.4 Å². The molecule has 12 heteroatoms. The van der Waals surface area contributed by atoms with Gasteiger partial charge in [0.2, 0.25) is 5.95 Å². The number of aryl methyl sites for hydroxylation is 2. The quantitative estimate of drug-likeness (QED) is 0.369. The van der Waals surface area contributed by atoms with Gasteiger partial charge in [-0.05, 0) is 33.3 Å². The molecule has 0 spiro atoms. The fraction of sp³-hybridized carbons (Fsp3) is 0.478. The Balaban J connectivity index is 1.47. The van der Waals surface area contributed by atoms with Crippen LogP contribution in [0.5, 0.6) is 5.75 Å². The van der Waals surface area contributed by atoms with E-state index in [0.717, 1.165) is 11.4 Å². The van der Waals surface area contributed by atoms with Crippen molar-refractivity contribution in [3.8, 4) is 5.75 Å². The van der Waals surface area contributed by atoms with Crippen LogP contribution in [-0.2, 0) is 13.0 Å². The highest BCUT2D eigenvalue weighted by molar-refractivity contribution is 5.95. The zero-order chi connectivity index (χ0) is 25.5. The highest BCUT2D eigenvalue weighted by atomic mass is 19.1. The molecule has 0 radical (unpaired) electrons. The Bertz CT molecular complexity index is 1360. The van der Waals surface area contributed by atoms with Crippen molar-refractivity contribution in [3.05, 3.63) is 35.7 Å². The largest absolute Gasteiger partial charge is 0.494 e. The molecule has 0 saturated heterocycles. The van der Waals surface area contributed by atoms with Crippen LogP contribution in [0.25, 0.3) is 16.6 Å². The Morgan fingerprint density at radius 2 is 2.00 bits per heavy atom. The molecule has 3 heterocycles. The molecular formula is C23H30F2N8O2. The number of hydrogen-bond acceptors (Lipinski definition) is 8. The summed E-state index contributed by atoms with van der Waals surface area (Å²) in [5.74, 6) is 0.201. The molecule has 3 N–H and O–H groups in total. The summed E-state index contributed by atoms with van der Waals surface area (Å²) in [5, 5.41) is 19.2. The number of rotatable bonds is 9. The number of ether oxygens (including phenoxy) is 1. The van der Waals surface area contributed by atoms with Gasteiger partial charge in [-0.25, -0.2) is 18.7 Å². The summed E-state index contributed by atoms with van der Waals surface area (Å²) >= 11 is 0. The van der Waals surface area contributed by atoms with Crippen molar-refractivity contribution in [2.75, 3.05) is 31.3 Å². The maximum Gasteiger partial charge on any atom is 0.223 e. The number of anilines is 2. The molecule has 0 aliphatic heterocycles. The molecule has 35 heavy (non-hydrogen) atoms. The van der Waals surface area contributed by atoms with Crippen molar-refractivity contribution < 1.29 is 18.6 Å². The van der Waals surface area contributed by atoms with E-state index in [-0.39, 0.29) is 31.1 Å². The molecular weight excluding hydrogens is 458 g/mol. The molecule has 1 unspecified atom stereocenters. The maximum absolute atomic E-state index is 14.9. The number of nitrogens with zero attached hydrogens (tertiary/aromatic N) is 7.